The van der Waals surface area contributed by atoms with Crippen LogP contribution in [-0.2, 0) is 4.79 Å². The van der Waals surface area contributed by atoms with Gasteiger partial charge in [0.1, 0.15) is 0 Å². The maximum Gasteiger partial charge on any atom is 0.223 e. The Morgan fingerprint density at radius 1 is 1.41 bits per heavy atom. The first kappa shape index (κ1) is 14.5. The van der Waals surface area contributed by atoms with Gasteiger partial charge in [-0.1, -0.05) is 27.2 Å². The zero-order valence-electron chi connectivity index (χ0n) is 11.6. The van der Waals surface area contributed by atoms with Crippen LogP contribution in [0.15, 0.2) is 0 Å². The third-order valence-electron chi connectivity index (χ3n) is 4.00. The van der Waals surface area contributed by atoms with Gasteiger partial charge in [0.2, 0.25) is 5.91 Å². The number of nitrogens with two attached hydrogens (primary N) is 1. The van der Waals surface area contributed by atoms with Gasteiger partial charge in [-0.15, -0.1) is 0 Å². The van der Waals surface area contributed by atoms with Crippen LogP contribution in [0.1, 0.15) is 52.9 Å². The van der Waals surface area contributed by atoms with E-state index in [1.54, 1.807) is 0 Å². The van der Waals surface area contributed by atoms with E-state index in [0.717, 1.165) is 32.4 Å². The van der Waals surface area contributed by atoms with Crippen molar-refractivity contribution in [2.24, 2.45) is 23.0 Å². The molecule has 1 aliphatic rings. The lowest BCUT2D eigenvalue weighted by Gasteiger charge is -2.26. The summed E-state index contributed by atoms with van der Waals surface area (Å²) in [6.45, 7) is 8.09. The molecule has 1 saturated carbocycles. The van der Waals surface area contributed by atoms with Crippen molar-refractivity contribution >= 4 is 5.91 Å². The van der Waals surface area contributed by atoms with E-state index in [9.17, 15) is 4.79 Å². The predicted octanol–water partition coefficient (Wildman–Crippen LogP) is 2.30. The predicted molar refractivity (Wildman–Crippen MR) is 71.6 cm³/mol. The molecule has 2 unspecified atom stereocenters. The summed E-state index contributed by atoms with van der Waals surface area (Å²) in [4.78, 5) is 12.0. The van der Waals surface area contributed by atoms with Gasteiger partial charge in [0.25, 0.3) is 0 Å². The van der Waals surface area contributed by atoms with Crippen molar-refractivity contribution in [2.45, 2.75) is 52.9 Å². The highest BCUT2D eigenvalue weighted by Crippen LogP contribution is 2.31. The number of amides is 1. The van der Waals surface area contributed by atoms with E-state index in [2.05, 4.69) is 26.1 Å². The van der Waals surface area contributed by atoms with Crippen molar-refractivity contribution in [3.63, 3.8) is 0 Å². The molecule has 0 aromatic heterocycles. The number of carbonyl (C=O) groups excluding carboxylic acids is 1. The van der Waals surface area contributed by atoms with Crippen LogP contribution in [0.3, 0.4) is 0 Å². The van der Waals surface area contributed by atoms with Crippen LogP contribution in [0, 0.1) is 17.3 Å². The summed E-state index contributed by atoms with van der Waals surface area (Å²) in [6, 6.07) is 0. The van der Waals surface area contributed by atoms with Crippen LogP contribution in [-0.4, -0.2) is 19.0 Å². The van der Waals surface area contributed by atoms with Crippen LogP contribution in [0.2, 0.25) is 0 Å². The monoisotopic (exact) mass is 240 g/mol. The molecule has 0 heterocycles. The molecule has 17 heavy (non-hydrogen) atoms. The molecule has 3 heteroatoms. The highest BCUT2D eigenvalue weighted by molar-refractivity contribution is 5.79. The van der Waals surface area contributed by atoms with Crippen molar-refractivity contribution in [3.05, 3.63) is 0 Å². The molecule has 3 nitrogen and oxygen atoms in total. The normalized spacial score (nSPS) is 24.9. The first-order chi connectivity index (χ1) is 7.96. The Morgan fingerprint density at radius 2 is 2.12 bits per heavy atom. The molecule has 0 bridgehead atoms. The number of hydrogen-bond donors (Lipinski definition) is 2. The van der Waals surface area contributed by atoms with Crippen LogP contribution >= 0.6 is 0 Å². The van der Waals surface area contributed by atoms with Crippen LogP contribution in [0.4, 0.5) is 0 Å². The summed E-state index contributed by atoms with van der Waals surface area (Å²) >= 11 is 0. The fourth-order valence-corrected chi connectivity index (χ4v) is 2.66. The molecule has 1 rings (SSSR count). The molecule has 1 aliphatic carbocycles. The van der Waals surface area contributed by atoms with Crippen molar-refractivity contribution in [2.75, 3.05) is 13.1 Å². The van der Waals surface area contributed by atoms with Crippen molar-refractivity contribution in [3.8, 4) is 0 Å². The zero-order chi connectivity index (χ0) is 12.9. The van der Waals surface area contributed by atoms with E-state index >= 15 is 0 Å². The summed E-state index contributed by atoms with van der Waals surface area (Å²) in [5.74, 6) is 1.07. The maximum absolute atomic E-state index is 12.0. The van der Waals surface area contributed by atoms with Crippen molar-refractivity contribution in [1.82, 2.24) is 5.32 Å². The number of carbonyl (C=O) groups is 1. The number of rotatable bonds is 6. The molecule has 2 atom stereocenters. The zero-order valence-corrected chi connectivity index (χ0v) is 11.6. The first-order valence-electron chi connectivity index (χ1n) is 6.94. The molecule has 0 radical (unpaired) electrons. The Bertz CT molecular complexity index is 251. The lowest BCUT2D eigenvalue weighted by atomic mass is 9.87. The molecule has 0 aromatic rings. The molecular weight excluding hydrogens is 212 g/mol. The largest absolute Gasteiger partial charge is 0.355 e. The Labute approximate surface area is 106 Å². The molecule has 1 fully saturated rings. The molecular formula is C14H28N2O. The summed E-state index contributed by atoms with van der Waals surface area (Å²) in [7, 11) is 0. The van der Waals surface area contributed by atoms with E-state index < -0.39 is 0 Å². The quantitative estimate of drug-likeness (QED) is 0.748. The minimum atomic E-state index is 0.164. The van der Waals surface area contributed by atoms with Gasteiger partial charge in [0, 0.05) is 12.5 Å². The summed E-state index contributed by atoms with van der Waals surface area (Å²) in [6.07, 6.45) is 5.58. The van der Waals surface area contributed by atoms with E-state index in [1.807, 2.05) is 0 Å². The topological polar surface area (TPSA) is 55.1 Å². The van der Waals surface area contributed by atoms with Crippen LogP contribution < -0.4 is 11.1 Å². The lowest BCUT2D eigenvalue weighted by Crippen LogP contribution is -2.38. The highest BCUT2D eigenvalue weighted by Gasteiger charge is 2.30. The summed E-state index contributed by atoms with van der Waals surface area (Å²) in [5.41, 5.74) is 5.69. The second-order valence-electron chi connectivity index (χ2n) is 6.29. The Balaban J connectivity index is 2.31. The maximum atomic E-state index is 12.0. The molecule has 1 amide bonds. The smallest absolute Gasteiger partial charge is 0.223 e. The fourth-order valence-electron chi connectivity index (χ4n) is 2.66. The van der Waals surface area contributed by atoms with Gasteiger partial charge in [-0.25, -0.2) is 0 Å². The van der Waals surface area contributed by atoms with E-state index in [0.29, 0.717) is 5.92 Å². The molecule has 3 N–H and O–H groups in total. The van der Waals surface area contributed by atoms with Gasteiger partial charge < -0.3 is 11.1 Å². The molecule has 0 saturated heterocycles. The number of nitrogens with one attached hydrogen (secondary N) is 1. The Morgan fingerprint density at radius 3 is 2.65 bits per heavy atom. The van der Waals surface area contributed by atoms with Crippen molar-refractivity contribution in [1.29, 1.82) is 0 Å². The third kappa shape index (κ3) is 4.66. The van der Waals surface area contributed by atoms with Gasteiger partial charge in [0.05, 0.1) is 0 Å². The van der Waals surface area contributed by atoms with Gasteiger partial charge >= 0.3 is 0 Å². The minimum absolute atomic E-state index is 0.164. The van der Waals surface area contributed by atoms with Crippen LogP contribution in [0.25, 0.3) is 0 Å². The third-order valence-corrected chi connectivity index (χ3v) is 4.00. The van der Waals surface area contributed by atoms with Gasteiger partial charge in [-0.05, 0) is 43.6 Å². The Kier molecular flexibility index (Phi) is 5.44. The average Bonchev–Trinajstić information content (AvgIpc) is 2.70. The number of hydrogen-bond acceptors (Lipinski definition) is 2. The van der Waals surface area contributed by atoms with Gasteiger partial charge in [-0.2, -0.15) is 0 Å². The second-order valence-corrected chi connectivity index (χ2v) is 6.29. The summed E-state index contributed by atoms with van der Waals surface area (Å²) in [5, 5.41) is 3.12. The van der Waals surface area contributed by atoms with Crippen LogP contribution in [0.5, 0.6) is 0 Å². The molecule has 100 valence electrons. The van der Waals surface area contributed by atoms with Crippen molar-refractivity contribution < 1.29 is 4.79 Å². The van der Waals surface area contributed by atoms with E-state index in [1.165, 1.54) is 12.8 Å². The second kappa shape index (κ2) is 6.39. The minimum Gasteiger partial charge on any atom is -0.355 e. The van der Waals surface area contributed by atoms with Gasteiger partial charge in [0.15, 0.2) is 0 Å². The lowest BCUT2D eigenvalue weighted by molar-refractivity contribution is -0.126. The SMILES string of the molecule is CC1CCCC1C(=O)NCC(C)(C)CCCN. The van der Waals surface area contributed by atoms with E-state index in [-0.39, 0.29) is 17.2 Å². The molecule has 0 aromatic carbocycles. The molecule has 0 aliphatic heterocycles. The van der Waals surface area contributed by atoms with E-state index in [4.69, 9.17) is 5.73 Å². The Hall–Kier alpha value is -0.570. The highest BCUT2D eigenvalue weighted by atomic mass is 16.1. The average molecular weight is 240 g/mol. The first-order valence-corrected chi connectivity index (χ1v) is 6.94. The fraction of sp³-hybridized carbons (Fsp3) is 0.929. The van der Waals surface area contributed by atoms with Gasteiger partial charge in [-0.3, -0.25) is 4.79 Å². The standard InChI is InChI=1S/C14H28N2O/c1-11-6-4-7-12(11)13(17)16-10-14(2,3)8-5-9-15/h11-12H,4-10,15H2,1-3H3,(H,16,17). The summed E-state index contributed by atoms with van der Waals surface area (Å²) < 4.78 is 0. The molecule has 0 spiro atoms.